The highest BCUT2D eigenvalue weighted by atomic mass is 35.5. The minimum absolute atomic E-state index is 0.207. The summed E-state index contributed by atoms with van der Waals surface area (Å²) in [5.41, 5.74) is 1.53. The monoisotopic (exact) mass is 479 g/mol. The van der Waals surface area contributed by atoms with E-state index in [9.17, 15) is 13.2 Å². The zero-order chi connectivity index (χ0) is 22.0. The van der Waals surface area contributed by atoms with Crippen LogP contribution in [0, 0.1) is 0 Å². The molecule has 0 spiro atoms. The zero-order valence-corrected chi connectivity index (χ0v) is 19.3. The van der Waals surface area contributed by atoms with Crippen LogP contribution in [0.5, 0.6) is 0 Å². The van der Waals surface area contributed by atoms with E-state index < -0.39 is 15.3 Å². The molecule has 0 bridgehead atoms. The molecule has 0 radical (unpaired) electrons. The van der Waals surface area contributed by atoms with Gasteiger partial charge < -0.3 is 9.73 Å². The number of halogens is 1. The number of amides is 1. The number of oxazole rings is 1. The number of carbonyl (C=O) groups is 1. The maximum atomic E-state index is 12.9. The normalized spacial score (nSPS) is 16.3. The average Bonchev–Trinajstić information content (AvgIpc) is 3.15. The van der Waals surface area contributed by atoms with E-state index in [2.05, 4.69) is 10.3 Å². The standard InChI is InChI=1S/C21H22ClN3O4S2/c1-14(20(26)23-16-7-5-6-15(22)12-16)30-21-24-18-13-17(8-9-19(18)29-21)31(27,28)25-10-3-2-4-11-25/h5-9,12-14H,2-4,10-11H2,1H3,(H,23,26). The second kappa shape index (κ2) is 9.20. The molecule has 0 aliphatic carbocycles. The summed E-state index contributed by atoms with van der Waals surface area (Å²) in [6.07, 6.45) is 2.81. The quantitative estimate of drug-likeness (QED) is 0.511. The summed E-state index contributed by atoms with van der Waals surface area (Å²) in [4.78, 5) is 17.1. The van der Waals surface area contributed by atoms with Crippen LogP contribution in [0.15, 0.2) is 57.0 Å². The number of thioether (sulfide) groups is 1. The van der Waals surface area contributed by atoms with Gasteiger partial charge >= 0.3 is 0 Å². The molecule has 2 aromatic carbocycles. The SMILES string of the molecule is CC(Sc1nc2cc(S(=O)(=O)N3CCCCC3)ccc2o1)C(=O)Nc1cccc(Cl)c1. The first kappa shape index (κ1) is 22.1. The third-order valence-corrected chi connectivity index (χ3v) is 8.10. The van der Waals surface area contributed by atoms with Crippen LogP contribution in [-0.4, -0.2) is 42.0 Å². The van der Waals surface area contributed by atoms with Gasteiger partial charge in [-0.15, -0.1) is 0 Å². The fourth-order valence-electron chi connectivity index (χ4n) is 3.37. The van der Waals surface area contributed by atoms with Crippen molar-refractivity contribution < 1.29 is 17.6 Å². The van der Waals surface area contributed by atoms with Crippen molar-refractivity contribution in [2.24, 2.45) is 0 Å². The Hall–Kier alpha value is -2.07. The molecule has 10 heteroatoms. The Balaban J connectivity index is 1.48. The van der Waals surface area contributed by atoms with E-state index in [-0.39, 0.29) is 10.8 Å². The van der Waals surface area contributed by atoms with Crippen LogP contribution in [0.2, 0.25) is 5.02 Å². The summed E-state index contributed by atoms with van der Waals surface area (Å²) < 4.78 is 33.0. The highest BCUT2D eigenvalue weighted by Crippen LogP contribution is 2.30. The molecule has 4 rings (SSSR count). The summed E-state index contributed by atoms with van der Waals surface area (Å²) in [5, 5.41) is 3.16. The first-order valence-corrected chi connectivity index (χ1v) is 12.7. The van der Waals surface area contributed by atoms with Gasteiger partial charge in [0.15, 0.2) is 5.58 Å². The van der Waals surface area contributed by atoms with Gasteiger partial charge in [0.1, 0.15) is 5.52 Å². The summed E-state index contributed by atoms with van der Waals surface area (Å²) in [7, 11) is -3.55. The van der Waals surface area contributed by atoms with E-state index in [1.165, 1.54) is 10.4 Å². The number of hydrogen-bond donors (Lipinski definition) is 1. The lowest BCUT2D eigenvalue weighted by Crippen LogP contribution is -2.35. The molecule has 1 atom stereocenters. The number of nitrogens with zero attached hydrogens (tertiary/aromatic N) is 2. The van der Waals surface area contributed by atoms with E-state index >= 15 is 0 Å². The number of piperidine rings is 1. The third-order valence-electron chi connectivity index (χ3n) is 5.03. The Bertz CT molecular complexity index is 1210. The van der Waals surface area contributed by atoms with Crippen molar-refractivity contribution in [3.63, 3.8) is 0 Å². The topological polar surface area (TPSA) is 92.5 Å². The molecule has 1 saturated heterocycles. The zero-order valence-electron chi connectivity index (χ0n) is 16.9. The van der Waals surface area contributed by atoms with Crippen molar-refractivity contribution in [1.29, 1.82) is 0 Å². The molecule has 1 amide bonds. The lowest BCUT2D eigenvalue weighted by Gasteiger charge is -2.25. The highest BCUT2D eigenvalue weighted by molar-refractivity contribution is 8.00. The fraction of sp³-hybridized carbons (Fsp3) is 0.333. The van der Waals surface area contributed by atoms with E-state index in [1.54, 1.807) is 43.3 Å². The molecule has 164 valence electrons. The van der Waals surface area contributed by atoms with Gasteiger partial charge in [0.05, 0.1) is 10.1 Å². The van der Waals surface area contributed by atoms with Gasteiger partial charge in [-0.05, 0) is 56.2 Å². The van der Waals surface area contributed by atoms with E-state index in [1.807, 2.05) is 0 Å². The second-order valence-corrected chi connectivity index (χ2v) is 11.0. The molecule has 3 aromatic rings. The number of rotatable bonds is 6. The molecule has 0 saturated carbocycles. The van der Waals surface area contributed by atoms with Gasteiger partial charge in [0, 0.05) is 23.8 Å². The number of nitrogens with one attached hydrogen (secondary N) is 1. The van der Waals surface area contributed by atoms with Gasteiger partial charge in [-0.2, -0.15) is 4.31 Å². The molecule has 2 heterocycles. The maximum absolute atomic E-state index is 12.9. The molecule has 1 aliphatic heterocycles. The van der Waals surface area contributed by atoms with Gasteiger partial charge in [-0.1, -0.05) is 35.9 Å². The predicted molar refractivity (Wildman–Crippen MR) is 122 cm³/mol. The summed E-state index contributed by atoms with van der Waals surface area (Å²) in [6.45, 7) is 2.82. The molecule has 1 unspecified atom stereocenters. The van der Waals surface area contributed by atoms with Crippen molar-refractivity contribution in [3.8, 4) is 0 Å². The van der Waals surface area contributed by atoms with Crippen LogP contribution < -0.4 is 5.32 Å². The molecule has 1 aliphatic rings. The van der Waals surface area contributed by atoms with Gasteiger partial charge in [0.2, 0.25) is 15.9 Å². The molecule has 1 N–H and O–H groups in total. The lowest BCUT2D eigenvalue weighted by atomic mass is 10.2. The van der Waals surface area contributed by atoms with Crippen molar-refractivity contribution >= 4 is 56.1 Å². The maximum Gasteiger partial charge on any atom is 0.257 e. The number of carbonyl (C=O) groups excluding carboxylic acids is 1. The van der Waals surface area contributed by atoms with Crippen molar-refractivity contribution in [2.75, 3.05) is 18.4 Å². The molecular weight excluding hydrogens is 458 g/mol. The van der Waals surface area contributed by atoms with Gasteiger partial charge in [-0.25, -0.2) is 13.4 Å². The van der Waals surface area contributed by atoms with Gasteiger partial charge in [-0.3, -0.25) is 4.79 Å². The second-order valence-electron chi connectivity index (χ2n) is 7.33. The number of hydrogen-bond acceptors (Lipinski definition) is 6. The Morgan fingerprint density at radius 3 is 2.71 bits per heavy atom. The Labute approximate surface area is 190 Å². The first-order chi connectivity index (χ1) is 14.8. The lowest BCUT2D eigenvalue weighted by molar-refractivity contribution is -0.115. The number of sulfonamides is 1. The average molecular weight is 480 g/mol. The molecule has 7 nitrogen and oxygen atoms in total. The van der Waals surface area contributed by atoms with Crippen LogP contribution in [-0.2, 0) is 14.8 Å². The molecule has 31 heavy (non-hydrogen) atoms. The number of anilines is 1. The van der Waals surface area contributed by atoms with Crippen LogP contribution in [0.4, 0.5) is 5.69 Å². The van der Waals surface area contributed by atoms with Crippen molar-refractivity contribution in [1.82, 2.24) is 9.29 Å². The molecule has 1 fully saturated rings. The summed E-state index contributed by atoms with van der Waals surface area (Å²) in [5.74, 6) is -0.220. The highest BCUT2D eigenvalue weighted by Gasteiger charge is 2.27. The van der Waals surface area contributed by atoms with E-state index in [0.29, 0.717) is 40.1 Å². The number of aromatic nitrogens is 1. The largest absolute Gasteiger partial charge is 0.431 e. The van der Waals surface area contributed by atoms with Crippen LogP contribution in [0.25, 0.3) is 11.1 Å². The fourth-order valence-corrected chi connectivity index (χ4v) is 5.85. The number of fused-ring (bicyclic) bond motifs is 1. The summed E-state index contributed by atoms with van der Waals surface area (Å²) in [6, 6.07) is 11.6. The summed E-state index contributed by atoms with van der Waals surface area (Å²) >= 11 is 7.11. The Kier molecular flexibility index (Phi) is 6.57. The molecule has 1 aromatic heterocycles. The predicted octanol–water partition coefficient (Wildman–Crippen LogP) is 4.78. The van der Waals surface area contributed by atoms with Crippen LogP contribution >= 0.6 is 23.4 Å². The minimum Gasteiger partial charge on any atom is -0.431 e. The number of benzene rings is 2. The van der Waals surface area contributed by atoms with Crippen molar-refractivity contribution in [2.45, 2.75) is 41.6 Å². The molecular formula is C21H22ClN3O4S2. The Morgan fingerprint density at radius 2 is 1.97 bits per heavy atom. The first-order valence-electron chi connectivity index (χ1n) is 9.97. The smallest absolute Gasteiger partial charge is 0.257 e. The third kappa shape index (κ3) is 5.06. The van der Waals surface area contributed by atoms with E-state index in [4.69, 9.17) is 16.0 Å². The van der Waals surface area contributed by atoms with Crippen molar-refractivity contribution in [3.05, 3.63) is 47.5 Å². The Morgan fingerprint density at radius 1 is 1.19 bits per heavy atom. The minimum atomic E-state index is -3.55. The van der Waals surface area contributed by atoms with E-state index in [0.717, 1.165) is 31.0 Å². The van der Waals surface area contributed by atoms with Crippen LogP contribution in [0.1, 0.15) is 26.2 Å². The van der Waals surface area contributed by atoms with Gasteiger partial charge in [0.25, 0.3) is 5.22 Å². The van der Waals surface area contributed by atoms with Crippen LogP contribution in [0.3, 0.4) is 0 Å².